The van der Waals surface area contributed by atoms with Crippen molar-refractivity contribution < 1.29 is 0 Å². The van der Waals surface area contributed by atoms with Gasteiger partial charge in [0.05, 0.1) is 5.69 Å². The van der Waals surface area contributed by atoms with E-state index in [2.05, 4.69) is 19.9 Å². The molecule has 4 nitrogen and oxygen atoms in total. The Morgan fingerprint density at radius 1 is 1.44 bits per heavy atom. The zero-order valence-electron chi connectivity index (χ0n) is 9.23. The average molecular weight is 234 g/mol. The van der Waals surface area contributed by atoms with Crippen LogP contribution in [0.2, 0.25) is 0 Å². The fourth-order valence-electron chi connectivity index (χ4n) is 2.62. The molecule has 1 atom stereocenters. The highest BCUT2D eigenvalue weighted by Crippen LogP contribution is 2.45. The van der Waals surface area contributed by atoms with Crippen molar-refractivity contribution >= 4 is 16.3 Å². The van der Waals surface area contributed by atoms with E-state index in [9.17, 15) is 0 Å². The summed E-state index contributed by atoms with van der Waals surface area (Å²) >= 11 is 1.82. The molecule has 0 amide bonds. The van der Waals surface area contributed by atoms with E-state index in [1.54, 1.807) is 0 Å². The Morgan fingerprint density at radius 3 is 3.12 bits per heavy atom. The quantitative estimate of drug-likeness (QED) is 0.816. The third kappa shape index (κ3) is 1.18. The van der Waals surface area contributed by atoms with Crippen molar-refractivity contribution in [3.63, 3.8) is 0 Å². The molecular weight excluding hydrogens is 220 g/mol. The molecule has 16 heavy (non-hydrogen) atoms. The highest BCUT2D eigenvalue weighted by Gasteiger charge is 2.37. The SMILES string of the molecule is Cc1nc2sc3c(n2n1)CCNC3C1CC1. The van der Waals surface area contributed by atoms with E-state index in [0.717, 1.165) is 29.7 Å². The second kappa shape index (κ2) is 3.05. The lowest BCUT2D eigenvalue weighted by atomic mass is 10.0. The molecule has 2 aromatic rings. The van der Waals surface area contributed by atoms with Crippen molar-refractivity contribution in [1.82, 2.24) is 19.9 Å². The summed E-state index contributed by atoms with van der Waals surface area (Å²) in [5.41, 5.74) is 1.40. The first-order valence-corrected chi connectivity index (χ1v) is 6.73. The molecule has 4 rings (SSSR count). The molecule has 1 fully saturated rings. The van der Waals surface area contributed by atoms with Crippen LogP contribution in [-0.4, -0.2) is 21.1 Å². The van der Waals surface area contributed by atoms with Gasteiger partial charge < -0.3 is 5.32 Å². The van der Waals surface area contributed by atoms with Gasteiger partial charge in [0.1, 0.15) is 5.82 Å². The predicted octanol–water partition coefficient (Wildman–Crippen LogP) is 1.70. The normalized spacial score (nSPS) is 24.9. The summed E-state index contributed by atoms with van der Waals surface area (Å²) in [7, 11) is 0. The molecule has 1 N–H and O–H groups in total. The number of aryl methyl sites for hydroxylation is 1. The molecule has 2 aromatic heterocycles. The zero-order chi connectivity index (χ0) is 10.7. The van der Waals surface area contributed by atoms with Crippen molar-refractivity contribution in [2.24, 2.45) is 5.92 Å². The molecule has 0 radical (unpaired) electrons. The van der Waals surface area contributed by atoms with Crippen molar-refractivity contribution in [3.05, 3.63) is 16.4 Å². The first-order chi connectivity index (χ1) is 7.83. The minimum atomic E-state index is 0.581. The van der Waals surface area contributed by atoms with Crippen LogP contribution in [0.3, 0.4) is 0 Å². The lowest BCUT2D eigenvalue weighted by Gasteiger charge is -2.23. The van der Waals surface area contributed by atoms with Gasteiger partial charge in [-0.3, -0.25) is 0 Å². The maximum absolute atomic E-state index is 4.49. The Morgan fingerprint density at radius 2 is 2.31 bits per heavy atom. The number of thiazole rings is 1. The third-order valence-electron chi connectivity index (χ3n) is 3.53. The molecule has 84 valence electrons. The number of rotatable bonds is 1. The number of hydrogen-bond donors (Lipinski definition) is 1. The Labute approximate surface area is 97.7 Å². The topological polar surface area (TPSA) is 42.2 Å². The molecule has 1 aliphatic heterocycles. The molecule has 5 heteroatoms. The molecule has 0 bridgehead atoms. The average Bonchev–Trinajstić information content (AvgIpc) is 2.96. The first kappa shape index (κ1) is 9.13. The van der Waals surface area contributed by atoms with Crippen LogP contribution in [0.5, 0.6) is 0 Å². The third-order valence-corrected chi connectivity index (χ3v) is 4.68. The maximum Gasteiger partial charge on any atom is 0.212 e. The van der Waals surface area contributed by atoms with Crippen LogP contribution in [0.15, 0.2) is 0 Å². The second-order valence-corrected chi connectivity index (χ2v) is 5.79. The zero-order valence-corrected chi connectivity index (χ0v) is 10.0. The van der Waals surface area contributed by atoms with Gasteiger partial charge in [0.25, 0.3) is 0 Å². The molecule has 2 aliphatic rings. The fourth-order valence-corrected chi connectivity index (χ4v) is 3.94. The van der Waals surface area contributed by atoms with Gasteiger partial charge in [-0.15, -0.1) is 0 Å². The lowest BCUT2D eigenvalue weighted by molar-refractivity contribution is 0.458. The number of nitrogens with zero attached hydrogens (tertiary/aromatic N) is 3. The maximum atomic E-state index is 4.49. The van der Waals surface area contributed by atoms with Crippen LogP contribution in [0.4, 0.5) is 0 Å². The minimum absolute atomic E-state index is 0.581. The molecule has 1 saturated carbocycles. The molecule has 1 unspecified atom stereocenters. The van der Waals surface area contributed by atoms with Crippen molar-refractivity contribution in [3.8, 4) is 0 Å². The minimum Gasteiger partial charge on any atom is -0.309 e. The van der Waals surface area contributed by atoms with Crippen LogP contribution in [0, 0.1) is 12.8 Å². The van der Waals surface area contributed by atoms with Crippen LogP contribution < -0.4 is 5.32 Å². The fraction of sp³-hybridized carbons (Fsp3) is 0.636. The Balaban J connectivity index is 1.91. The molecule has 0 spiro atoms. The van der Waals surface area contributed by atoms with Gasteiger partial charge in [-0.2, -0.15) is 5.10 Å². The number of fused-ring (bicyclic) bond motifs is 3. The summed E-state index contributed by atoms with van der Waals surface area (Å²) in [5.74, 6) is 1.75. The standard InChI is InChI=1S/C11H14N4S/c1-6-13-11-15(14-6)8-4-5-12-9(7-2-3-7)10(8)16-11/h7,9,12H,2-5H2,1H3. The molecule has 3 heterocycles. The van der Waals surface area contributed by atoms with Crippen LogP contribution >= 0.6 is 11.3 Å². The van der Waals surface area contributed by atoms with Gasteiger partial charge in [-0.25, -0.2) is 9.50 Å². The van der Waals surface area contributed by atoms with E-state index in [-0.39, 0.29) is 0 Å². The number of nitrogens with one attached hydrogen (secondary N) is 1. The van der Waals surface area contributed by atoms with E-state index in [1.165, 1.54) is 23.4 Å². The second-order valence-electron chi connectivity index (χ2n) is 4.79. The first-order valence-electron chi connectivity index (χ1n) is 5.91. The van der Waals surface area contributed by atoms with Gasteiger partial charge >= 0.3 is 0 Å². The Bertz CT molecular complexity index is 552. The van der Waals surface area contributed by atoms with E-state index < -0.39 is 0 Å². The highest BCUT2D eigenvalue weighted by atomic mass is 32.1. The number of aromatic nitrogens is 3. The Hall–Kier alpha value is -0.940. The van der Waals surface area contributed by atoms with Crippen molar-refractivity contribution in [2.45, 2.75) is 32.2 Å². The summed E-state index contributed by atoms with van der Waals surface area (Å²) in [6, 6.07) is 0.581. The van der Waals surface area contributed by atoms with Gasteiger partial charge in [-0.1, -0.05) is 11.3 Å². The summed E-state index contributed by atoms with van der Waals surface area (Å²) in [6.45, 7) is 3.05. The van der Waals surface area contributed by atoms with Crippen molar-refractivity contribution in [2.75, 3.05) is 6.54 Å². The van der Waals surface area contributed by atoms with Gasteiger partial charge in [0, 0.05) is 23.9 Å². The van der Waals surface area contributed by atoms with Gasteiger partial charge in [0.2, 0.25) is 4.96 Å². The van der Waals surface area contributed by atoms with Crippen LogP contribution in [-0.2, 0) is 6.42 Å². The van der Waals surface area contributed by atoms with Crippen molar-refractivity contribution in [1.29, 1.82) is 0 Å². The summed E-state index contributed by atoms with van der Waals surface area (Å²) in [5, 5.41) is 8.13. The van der Waals surface area contributed by atoms with Crippen LogP contribution in [0.25, 0.3) is 4.96 Å². The summed E-state index contributed by atoms with van der Waals surface area (Å²) in [6.07, 6.45) is 3.84. The molecular formula is C11H14N4S. The van der Waals surface area contributed by atoms with E-state index in [0.29, 0.717) is 6.04 Å². The molecule has 1 aliphatic carbocycles. The van der Waals surface area contributed by atoms with Gasteiger partial charge in [0.15, 0.2) is 0 Å². The smallest absolute Gasteiger partial charge is 0.212 e. The Kier molecular flexibility index (Phi) is 1.74. The lowest BCUT2D eigenvalue weighted by Crippen LogP contribution is -2.30. The highest BCUT2D eigenvalue weighted by molar-refractivity contribution is 7.17. The summed E-state index contributed by atoms with van der Waals surface area (Å²) in [4.78, 5) is 7.03. The largest absolute Gasteiger partial charge is 0.309 e. The van der Waals surface area contributed by atoms with E-state index >= 15 is 0 Å². The van der Waals surface area contributed by atoms with E-state index in [1.807, 2.05) is 18.3 Å². The monoisotopic (exact) mass is 234 g/mol. The van der Waals surface area contributed by atoms with Gasteiger partial charge in [-0.05, 0) is 25.7 Å². The summed E-state index contributed by atoms with van der Waals surface area (Å²) < 4.78 is 2.06. The number of hydrogen-bond acceptors (Lipinski definition) is 4. The van der Waals surface area contributed by atoms with Crippen LogP contribution in [0.1, 0.15) is 35.3 Å². The predicted molar refractivity (Wildman–Crippen MR) is 62.8 cm³/mol. The molecule has 0 saturated heterocycles. The van der Waals surface area contributed by atoms with E-state index in [4.69, 9.17) is 0 Å². The molecule has 0 aromatic carbocycles.